The minimum absolute atomic E-state index is 0.667. The van der Waals surface area contributed by atoms with Gasteiger partial charge in [0.25, 0.3) is 0 Å². The molecule has 1 aliphatic heterocycles. The van der Waals surface area contributed by atoms with Gasteiger partial charge in [-0.3, -0.25) is 4.98 Å². The van der Waals surface area contributed by atoms with Gasteiger partial charge < -0.3 is 9.30 Å². The van der Waals surface area contributed by atoms with Crippen LogP contribution in [0.3, 0.4) is 0 Å². The van der Waals surface area contributed by atoms with E-state index in [2.05, 4.69) is 45.9 Å². The predicted octanol–water partition coefficient (Wildman–Crippen LogP) is 4.25. The standard InChI is InChI=1S/C19H19N3OS/c1-23-13-24-16-6-4-14(5-7-16)18-19(15-8-10-20-11-9-15)22-12-2-3-17(22)21-18/h4-11H,2-3,12-13H2,1H3. The number of hydrogen-bond acceptors (Lipinski definition) is 4. The van der Waals surface area contributed by atoms with Crippen molar-refractivity contribution in [1.82, 2.24) is 14.5 Å². The molecule has 0 atom stereocenters. The van der Waals surface area contributed by atoms with Gasteiger partial charge in [-0.15, -0.1) is 0 Å². The number of nitrogens with zero attached hydrogens (tertiary/aromatic N) is 3. The number of rotatable bonds is 5. The minimum Gasteiger partial charge on any atom is -0.374 e. The van der Waals surface area contributed by atoms with Crippen molar-refractivity contribution < 1.29 is 4.74 Å². The SMILES string of the molecule is COCSc1ccc(-c2nc3n(c2-c2ccncc2)CCC3)cc1. The topological polar surface area (TPSA) is 39.9 Å². The van der Waals surface area contributed by atoms with Crippen molar-refractivity contribution in [3.63, 3.8) is 0 Å². The van der Waals surface area contributed by atoms with Gasteiger partial charge in [0.15, 0.2) is 0 Å². The van der Waals surface area contributed by atoms with Crippen LogP contribution >= 0.6 is 11.8 Å². The summed E-state index contributed by atoms with van der Waals surface area (Å²) in [4.78, 5) is 10.3. The molecule has 4 nitrogen and oxygen atoms in total. The molecule has 0 N–H and O–H groups in total. The Hall–Kier alpha value is -2.11. The minimum atomic E-state index is 0.667. The van der Waals surface area contributed by atoms with Crippen LogP contribution in [0.1, 0.15) is 12.2 Å². The van der Waals surface area contributed by atoms with E-state index in [1.807, 2.05) is 12.4 Å². The number of benzene rings is 1. The van der Waals surface area contributed by atoms with Crippen molar-refractivity contribution in [1.29, 1.82) is 0 Å². The Bertz CT molecular complexity index is 828. The van der Waals surface area contributed by atoms with Gasteiger partial charge in [-0.2, -0.15) is 0 Å². The first-order valence-corrected chi connectivity index (χ1v) is 9.07. The largest absolute Gasteiger partial charge is 0.374 e. The number of thioether (sulfide) groups is 1. The van der Waals surface area contributed by atoms with Gasteiger partial charge in [-0.1, -0.05) is 23.9 Å². The van der Waals surface area contributed by atoms with Crippen molar-refractivity contribution in [2.75, 3.05) is 13.0 Å². The van der Waals surface area contributed by atoms with Crippen LogP contribution in [-0.2, 0) is 17.7 Å². The van der Waals surface area contributed by atoms with Crippen LogP contribution in [0, 0.1) is 0 Å². The fourth-order valence-electron chi connectivity index (χ4n) is 3.17. The number of ether oxygens (including phenoxy) is 1. The van der Waals surface area contributed by atoms with Crippen molar-refractivity contribution in [3.8, 4) is 22.5 Å². The number of hydrogen-bond donors (Lipinski definition) is 0. The summed E-state index contributed by atoms with van der Waals surface area (Å²) in [5, 5.41) is 0. The molecular formula is C19H19N3OS. The van der Waals surface area contributed by atoms with Gasteiger partial charge in [-0.05, 0) is 30.7 Å². The molecule has 1 aromatic carbocycles. The van der Waals surface area contributed by atoms with Gasteiger partial charge >= 0.3 is 0 Å². The van der Waals surface area contributed by atoms with E-state index >= 15 is 0 Å². The van der Waals surface area contributed by atoms with Crippen molar-refractivity contribution in [3.05, 3.63) is 54.6 Å². The van der Waals surface area contributed by atoms with Crippen LogP contribution in [-0.4, -0.2) is 27.6 Å². The summed E-state index contributed by atoms with van der Waals surface area (Å²) in [6, 6.07) is 12.7. The van der Waals surface area contributed by atoms with Crippen molar-refractivity contribution >= 4 is 11.8 Å². The molecule has 3 aromatic rings. The van der Waals surface area contributed by atoms with E-state index in [9.17, 15) is 0 Å². The zero-order chi connectivity index (χ0) is 16.4. The molecular weight excluding hydrogens is 318 g/mol. The average molecular weight is 337 g/mol. The third kappa shape index (κ3) is 2.85. The Morgan fingerprint density at radius 1 is 1.08 bits per heavy atom. The summed E-state index contributed by atoms with van der Waals surface area (Å²) in [5.74, 6) is 1.86. The molecule has 1 aliphatic rings. The fourth-order valence-corrected chi connectivity index (χ4v) is 3.75. The fraction of sp³-hybridized carbons (Fsp3) is 0.263. The molecule has 0 saturated heterocycles. The van der Waals surface area contributed by atoms with E-state index in [0.717, 1.165) is 24.2 Å². The van der Waals surface area contributed by atoms with Crippen LogP contribution < -0.4 is 0 Å². The number of methoxy groups -OCH3 is 1. The van der Waals surface area contributed by atoms with Crippen LogP contribution in [0.5, 0.6) is 0 Å². The van der Waals surface area contributed by atoms with Crippen LogP contribution in [0.4, 0.5) is 0 Å². The summed E-state index contributed by atoms with van der Waals surface area (Å²) >= 11 is 1.69. The maximum atomic E-state index is 5.12. The van der Waals surface area contributed by atoms with Gasteiger partial charge in [0, 0.05) is 48.5 Å². The highest BCUT2D eigenvalue weighted by Crippen LogP contribution is 2.36. The maximum absolute atomic E-state index is 5.12. The van der Waals surface area contributed by atoms with E-state index < -0.39 is 0 Å². The first-order chi connectivity index (χ1) is 11.9. The first-order valence-electron chi connectivity index (χ1n) is 8.09. The smallest absolute Gasteiger partial charge is 0.109 e. The van der Waals surface area contributed by atoms with Gasteiger partial charge in [-0.25, -0.2) is 4.98 Å². The maximum Gasteiger partial charge on any atom is 0.109 e. The van der Waals surface area contributed by atoms with Gasteiger partial charge in [0.2, 0.25) is 0 Å². The predicted molar refractivity (Wildman–Crippen MR) is 96.9 cm³/mol. The van der Waals surface area contributed by atoms with Crippen LogP contribution in [0.2, 0.25) is 0 Å². The molecule has 0 unspecified atom stereocenters. The molecule has 0 fully saturated rings. The summed E-state index contributed by atoms with van der Waals surface area (Å²) in [6.45, 7) is 1.04. The molecule has 0 bridgehead atoms. The highest BCUT2D eigenvalue weighted by atomic mass is 32.2. The second kappa shape index (κ2) is 6.79. The molecule has 0 saturated carbocycles. The summed E-state index contributed by atoms with van der Waals surface area (Å²) in [7, 11) is 1.72. The molecule has 0 amide bonds. The van der Waals surface area contributed by atoms with Gasteiger partial charge in [0.1, 0.15) is 5.82 Å². The second-order valence-electron chi connectivity index (χ2n) is 5.79. The Morgan fingerprint density at radius 3 is 2.62 bits per heavy atom. The Labute approximate surface area is 145 Å². The Morgan fingerprint density at radius 2 is 1.88 bits per heavy atom. The average Bonchev–Trinajstić information content (AvgIpc) is 3.22. The lowest BCUT2D eigenvalue weighted by atomic mass is 10.1. The normalized spacial score (nSPS) is 13.2. The van der Waals surface area contributed by atoms with Crippen LogP contribution in [0.15, 0.2) is 53.7 Å². The van der Waals surface area contributed by atoms with E-state index in [4.69, 9.17) is 9.72 Å². The van der Waals surface area contributed by atoms with E-state index in [-0.39, 0.29) is 0 Å². The van der Waals surface area contributed by atoms with E-state index in [1.165, 1.54) is 28.4 Å². The van der Waals surface area contributed by atoms with E-state index in [0.29, 0.717) is 5.94 Å². The van der Waals surface area contributed by atoms with Gasteiger partial charge in [0.05, 0.1) is 17.3 Å². The molecule has 0 spiro atoms. The molecule has 2 aromatic heterocycles. The third-order valence-corrected chi connectivity index (χ3v) is 5.21. The molecule has 0 aliphatic carbocycles. The lowest BCUT2D eigenvalue weighted by Crippen LogP contribution is -1.96. The monoisotopic (exact) mass is 337 g/mol. The zero-order valence-corrected chi connectivity index (χ0v) is 14.4. The quantitative estimate of drug-likeness (QED) is 0.515. The third-order valence-electron chi connectivity index (χ3n) is 4.25. The molecule has 5 heteroatoms. The highest BCUT2D eigenvalue weighted by Gasteiger charge is 2.22. The van der Waals surface area contributed by atoms with Crippen molar-refractivity contribution in [2.45, 2.75) is 24.3 Å². The first kappa shape index (κ1) is 15.4. The summed E-state index contributed by atoms with van der Waals surface area (Å²) in [5.41, 5.74) is 4.62. The second-order valence-corrected chi connectivity index (χ2v) is 6.79. The lowest BCUT2D eigenvalue weighted by Gasteiger charge is -2.09. The zero-order valence-electron chi connectivity index (χ0n) is 13.6. The molecule has 4 rings (SSSR count). The summed E-state index contributed by atoms with van der Waals surface area (Å²) in [6.07, 6.45) is 5.92. The molecule has 3 heterocycles. The number of imidazole rings is 1. The Balaban J connectivity index is 1.76. The number of aryl methyl sites for hydroxylation is 1. The number of fused-ring (bicyclic) bond motifs is 1. The number of pyridine rings is 1. The van der Waals surface area contributed by atoms with E-state index in [1.54, 1.807) is 18.9 Å². The molecule has 122 valence electrons. The molecule has 24 heavy (non-hydrogen) atoms. The number of aromatic nitrogens is 3. The lowest BCUT2D eigenvalue weighted by molar-refractivity contribution is 0.259. The Kier molecular flexibility index (Phi) is 4.36. The van der Waals surface area contributed by atoms with Crippen molar-refractivity contribution in [2.24, 2.45) is 0 Å². The highest BCUT2D eigenvalue weighted by molar-refractivity contribution is 7.99. The van der Waals surface area contributed by atoms with Crippen LogP contribution in [0.25, 0.3) is 22.5 Å². The summed E-state index contributed by atoms with van der Waals surface area (Å²) < 4.78 is 7.48. The molecule has 0 radical (unpaired) electrons.